The molecule has 8 heteroatoms. The molecular weight excluding hydrogens is 300 g/mol. The van der Waals surface area contributed by atoms with Crippen molar-refractivity contribution in [1.29, 1.82) is 0 Å². The van der Waals surface area contributed by atoms with E-state index in [0.717, 1.165) is 18.2 Å². The molecule has 21 heavy (non-hydrogen) atoms. The van der Waals surface area contributed by atoms with Gasteiger partial charge in [0.2, 0.25) is 0 Å². The summed E-state index contributed by atoms with van der Waals surface area (Å²) in [5, 5.41) is 2.25. The van der Waals surface area contributed by atoms with Crippen LogP contribution in [0.15, 0.2) is 29.1 Å². The van der Waals surface area contributed by atoms with Gasteiger partial charge >= 0.3 is 0 Å². The number of anilines is 1. The van der Waals surface area contributed by atoms with E-state index in [-0.39, 0.29) is 11.4 Å². The molecule has 110 valence electrons. The van der Waals surface area contributed by atoms with Gasteiger partial charge in [-0.1, -0.05) is 0 Å². The van der Waals surface area contributed by atoms with Crippen LogP contribution in [-0.4, -0.2) is 22.1 Å². The lowest BCUT2D eigenvalue weighted by molar-refractivity contribution is 0.102. The summed E-state index contributed by atoms with van der Waals surface area (Å²) in [6.45, 7) is 0. The molecule has 0 bridgehead atoms. The fraction of sp³-hybridized carbons (Fsp3) is 0.154. The van der Waals surface area contributed by atoms with E-state index in [0.29, 0.717) is 17.6 Å². The van der Waals surface area contributed by atoms with Gasteiger partial charge in [0, 0.05) is 12.1 Å². The Morgan fingerprint density at radius 3 is 2.81 bits per heavy atom. The van der Waals surface area contributed by atoms with Crippen LogP contribution < -0.4 is 10.9 Å². The first-order chi connectivity index (χ1) is 9.99. The molecule has 0 spiro atoms. The third kappa shape index (κ3) is 3.88. The van der Waals surface area contributed by atoms with E-state index >= 15 is 0 Å². The molecule has 1 aromatic heterocycles. The first-order valence-electron chi connectivity index (χ1n) is 5.85. The van der Waals surface area contributed by atoms with Crippen LogP contribution >= 0.6 is 11.8 Å². The first-order valence-corrected chi connectivity index (χ1v) is 7.24. The topological polar surface area (TPSA) is 74.8 Å². The molecular formula is C13H11F2N3O2S. The number of hydrogen-bond acceptors (Lipinski definition) is 4. The standard InChI is InChI=1S/C13H11F2N3O2S/c1-21-6-11-16-10(5-12(19)18-11)13(20)17-9-3-2-7(14)4-8(9)15/h2-5H,6H2,1H3,(H,17,20)(H,16,18,19). The molecule has 5 nitrogen and oxygen atoms in total. The van der Waals surface area contributed by atoms with Gasteiger partial charge in [0.05, 0.1) is 11.4 Å². The van der Waals surface area contributed by atoms with Crippen molar-refractivity contribution >= 4 is 23.4 Å². The van der Waals surface area contributed by atoms with E-state index in [4.69, 9.17) is 0 Å². The Balaban J connectivity index is 2.25. The highest BCUT2D eigenvalue weighted by Gasteiger charge is 2.13. The lowest BCUT2D eigenvalue weighted by Gasteiger charge is -2.06. The summed E-state index contributed by atoms with van der Waals surface area (Å²) in [5.74, 6) is -1.62. The number of aromatic nitrogens is 2. The first kappa shape index (κ1) is 15.2. The number of rotatable bonds is 4. The number of carbonyl (C=O) groups excluding carboxylic acids is 1. The molecule has 0 aliphatic rings. The van der Waals surface area contributed by atoms with Crippen molar-refractivity contribution in [3.63, 3.8) is 0 Å². The molecule has 1 heterocycles. The molecule has 0 saturated carbocycles. The quantitative estimate of drug-likeness (QED) is 0.907. The molecule has 0 radical (unpaired) electrons. The van der Waals surface area contributed by atoms with Gasteiger partial charge in [0.25, 0.3) is 11.5 Å². The highest BCUT2D eigenvalue weighted by molar-refractivity contribution is 7.97. The number of nitrogens with one attached hydrogen (secondary N) is 2. The van der Waals surface area contributed by atoms with Gasteiger partial charge in [0.15, 0.2) is 0 Å². The van der Waals surface area contributed by atoms with Crippen molar-refractivity contribution in [1.82, 2.24) is 9.97 Å². The van der Waals surface area contributed by atoms with Crippen LogP contribution in [0.3, 0.4) is 0 Å². The van der Waals surface area contributed by atoms with Crippen LogP contribution in [0.2, 0.25) is 0 Å². The second-order valence-corrected chi connectivity index (χ2v) is 4.95. The second-order valence-electron chi connectivity index (χ2n) is 4.09. The SMILES string of the molecule is CSCc1nc(C(=O)Nc2ccc(F)cc2F)cc(=O)[nH]1. The predicted octanol–water partition coefficient (Wildman–Crippen LogP) is 2.16. The molecule has 1 aromatic carbocycles. The number of H-pyrrole nitrogens is 1. The maximum absolute atomic E-state index is 13.5. The van der Waals surface area contributed by atoms with Crippen molar-refractivity contribution in [2.24, 2.45) is 0 Å². The van der Waals surface area contributed by atoms with Crippen LogP contribution in [0.25, 0.3) is 0 Å². The number of carbonyl (C=O) groups is 1. The van der Waals surface area contributed by atoms with Gasteiger partial charge < -0.3 is 10.3 Å². The number of amides is 1. The largest absolute Gasteiger partial charge is 0.318 e. The average molecular weight is 311 g/mol. The monoisotopic (exact) mass is 311 g/mol. The lowest BCUT2D eigenvalue weighted by atomic mass is 10.2. The van der Waals surface area contributed by atoms with E-state index in [1.54, 1.807) is 0 Å². The molecule has 0 aliphatic carbocycles. The predicted molar refractivity (Wildman–Crippen MR) is 76.4 cm³/mol. The summed E-state index contributed by atoms with van der Waals surface area (Å²) >= 11 is 1.43. The van der Waals surface area contributed by atoms with Crippen molar-refractivity contribution in [2.45, 2.75) is 5.75 Å². The second kappa shape index (κ2) is 6.49. The zero-order valence-electron chi connectivity index (χ0n) is 10.9. The van der Waals surface area contributed by atoms with E-state index < -0.39 is 23.1 Å². The van der Waals surface area contributed by atoms with Crippen molar-refractivity contribution < 1.29 is 13.6 Å². The number of hydrogen-bond donors (Lipinski definition) is 2. The molecule has 1 amide bonds. The van der Waals surface area contributed by atoms with Gasteiger partial charge in [-0.3, -0.25) is 9.59 Å². The van der Waals surface area contributed by atoms with Crippen molar-refractivity contribution in [2.75, 3.05) is 11.6 Å². The number of thioether (sulfide) groups is 1. The number of nitrogens with zero attached hydrogens (tertiary/aromatic N) is 1. The number of halogens is 2. The molecule has 0 aliphatic heterocycles. The zero-order valence-corrected chi connectivity index (χ0v) is 11.8. The van der Waals surface area contributed by atoms with E-state index in [1.165, 1.54) is 11.8 Å². The average Bonchev–Trinajstić information content (AvgIpc) is 2.41. The minimum absolute atomic E-state index is 0.133. The Morgan fingerprint density at radius 2 is 2.14 bits per heavy atom. The fourth-order valence-corrected chi connectivity index (χ4v) is 2.02. The smallest absolute Gasteiger partial charge is 0.274 e. The van der Waals surface area contributed by atoms with Gasteiger partial charge in [-0.2, -0.15) is 11.8 Å². The lowest BCUT2D eigenvalue weighted by Crippen LogP contribution is -2.20. The van der Waals surface area contributed by atoms with Gasteiger partial charge in [-0.25, -0.2) is 13.8 Å². The molecule has 2 N–H and O–H groups in total. The van der Waals surface area contributed by atoms with E-state index in [1.807, 2.05) is 6.26 Å². The van der Waals surface area contributed by atoms with E-state index in [2.05, 4.69) is 15.3 Å². The Kier molecular flexibility index (Phi) is 4.69. The highest BCUT2D eigenvalue weighted by Crippen LogP contribution is 2.15. The maximum atomic E-state index is 13.5. The Hall–Kier alpha value is -2.22. The zero-order chi connectivity index (χ0) is 15.4. The minimum atomic E-state index is -0.905. The van der Waals surface area contributed by atoms with E-state index in [9.17, 15) is 18.4 Å². The Bertz CT molecular complexity index is 734. The molecule has 0 fully saturated rings. The van der Waals surface area contributed by atoms with Gasteiger partial charge in [0.1, 0.15) is 23.2 Å². The Labute approximate surface area is 122 Å². The fourth-order valence-electron chi connectivity index (χ4n) is 1.61. The van der Waals surface area contributed by atoms with Crippen LogP contribution in [-0.2, 0) is 5.75 Å². The highest BCUT2D eigenvalue weighted by atomic mass is 32.2. The Morgan fingerprint density at radius 1 is 1.38 bits per heavy atom. The number of benzene rings is 1. The summed E-state index contributed by atoms with van der Waals surface area (Å²) < 4.78 is 26.2. The van der Waals surface area contributed by atoms with Crippen molar-refractivity contribution in [3.8, 4) is 0 Å². The molecule has 2 rings (SSSR count). The maximum Gasteiger partial charge on any atom is 0.274 e. The van der Waals surface area contributed by atoms with Crippen LogP contribution in [0.4, 0.5) is 14.5 Å². The van der Waals surface area contributed by atoms with Crippen LogP contribution in [0, 0.1) is 11.6 Å². The summed E-state index contributed by atoms with van der Waals surface area (Å²) in [5.41, 5.74) is -0.791. The molecule has 0 unspecified atom stereocenters. The summed E-state index contributed by atoms with van der Waals surface area (Å²) in [7, 11) is 0. The third-order valence-electron chi connectivity index (χ3n) is 2.48. The number of aromatic amines is 1. The van der Waals surface area contributed by atoms with Crippen LogP contribution in [0.5, 0.6) is 0 Å². The summed E-state index contributed by atoms with van der Waals surface area (Å²) in [6.07, 6.45) is 1.82. The van der Waals surface area contributed by atoms with Gasteiger partial charge in [-0.15, -0.1) is 0 Å². The minimum Gasteiger partial charge on any atom is -0.318 e. The third-order valence-corrected chi connectivity index (χ3v) is 3.05. The summed E-state index contributed by atoms with van der Waals surface area (Å²) in [6, 6.07) is 3.78. The normalized spacial score (nSPS) is 10.4. The molecule has 2 aromatic rings. The van der Waals surface area contributed by atoms with Gasteiger partial charge in [-0.05, 0) is 18.4 Å². The van der Waals surface area contributed by atoms with Crippen molar-refractivity contribution in [3.05, 3.63) is 57.8 Å². The van der Waals surface area contributed by atoms with Crippen LogP contribution in [0.1, 0.15) is 16.3 Å². The molecule has 0 atom stereocenters. The summed E-state index contributed by atoms with van der Waals surface area (Å²) in [4.78, 5) is 29.9. The molecule has 0 saturated heterocycles.